The molecule has 8 heteroatoms. The van der Waals surface area contributed by atoms with Gasteiger partial charge >= 0.3 is 6.18 Å². The number of halogens is 3. The molecule has 3 rings (SSSR count). The Morgan fingerprint density at radius 3 is 2.50 bits per heavy atom. The van der Waals surface area contributed by atoms with Gasteiger partial charge in [0, 0.05) is 38.2 Å². The van der Waals surface area contributed by atoms with Crippen LogP contribution in [-0.4, -0.2) is 42.8 Å². The molecule has 5 nitrogen and oxygen atoms in total. The molecule has 1 atom stereocenters. The maximum atomic E-state index is 12.7. The van der Waals surface area contributed by atoms with Crippen molar-refractivity contribution in [2.45, 2.75) is 32.0 Å². The minimum absolute atomic E-state index is 0.00266. The SMILES string of the molecule is CNC1=C(C(N)=NC2C=CC(c3ccc(C(F)(F)F)cc3)=CC2)CN(C(C)=O)CC1. The van der Waals surface area contributed by atoms with E-state index in [-0.39, 0.29) is 11.9 Å². The largest absolute Gasteiger partial charge is 0.416 e. The Bertz CT molecular complexity index is 927. The second kappa shape index (κ2) is 8.77. The first-order valence-corrected chi connectivity index (χ1v) is 9.74. The van der Waals surface area contributed by atoms with E-state index in [1.807, 2.05) is 25.3 Å². The Morgan fingerprint density at radius 1 is 1.27 bits per heavy atom. The van der Waals surface area contributed by atoms with Gasteiger partial charge in [-0.15, -0.1) is 0 Å². The van der Waals surface area contributed by atoms with Crippen LogP contribution in [0, 0.1) is 0 Å². The quantitative estimate of drug-likeness (QED) is 0.581. The zero-order valence-corrected chi connectivity index (χ0v) is 17.0. The maximum Gasteiger partial charge on any atom is 0.416 e. The number of carbonyl (C=O) groups excluding carboxylic acids is 1. The van der Waals surface area contributed by atoms with E-state index in [1.165, 1.54) is 19.1 Å². The smallest absolute Gasteiger partial charge is 0.391 e. The van der Waals surface area contributed by atoms with Crippen LogP contribution in [0.3, 0.4) is 0 Å². The monoisotopic (exact) mass is 418 g/mol. The van der Waals surface area contributed by atoms with E-state index in [0.29, 0.717) is 31.8 Å². The summed E-state index contributed by atoms with van der Waals surface area (Å²) in [5, 5.41) is 3.15. The molecule has 0 bridgehead atoms. The van der Waals surface area contributed by atoms with Crippen molar-refractivity contribution in [1.29, 1.82) is 0 Å². The van der Waals surface area contributed by atoms with Crippen LogP contribution in [0.25, 0.3) is 5.57 Å². The number of nitrogens with one attached hydrogen (secondary N) is 1. The molecule has 0 aromatic heterocycles. The van der Waals surface area contributed by atoms with Gasteiger partial charge in [-0.05, 0) is 29.7 Å². The number of carbonyl (C=O) groups is 1. The lowest BCUT2D eigenvalue weighted by Crippen LogP contribution is -2.41. The topological polar surface area (TPSA) is 70.7 Å². The first-order valence-electron chi connectivity index (χ1n) is 9.74. The number of nitrogens with zero attached hydrogens (tertiary/aromatic N) is 2. The third kappa shape index (κ3) is 4.93. The Balaban J connectivity index is 1.72. The van der Waals surface area contributed by atoms with Crippen LogP contribution in [0.15, 0.2) is 58.8 Å². The molecular formula is C22H25F3N4O. The minimum atomic E-state index is -4.34. The van der Waals surface area contributed by atoms with Gasteiger partial charge < -0.3 is 16.0 Å². The second-order valence-electron chi connectivity index (χ2n) is 7.31. The lowest BCUT2D eigenvalue weighted by molar-refractivity contribution is -0.137. The highest BCUT2D eigenvalue weighted by molar-refractivity contribution is 5.99. The number of hydrogen-bond donors (Lipinski definition) is 2. The Kier molecular flexibility index (Phi) is 6.34. The van der Waals surface area contributed by atoms with Crippen LogP contribution in [0.1, 0.15) is 30.9 Å². The van der Waals surface area contributed by atoms with E-state index >= 15 is 0 Å². The summed E-state index contributed by atoms with van der Waals surface area (Å²) < 4.78 is 38.2. The van der Waals surface area contributed by atoms with Crippen molar-refractivity contribution in [3.8, 4) is 0 Å². The molecule has 0 spiro atoms. The van der Waals surface area contributed by atoms with Crippen LogP contribution >= 0.6 is 0 Å². The summed E-state index contributed by atoms with van der Waals surface area (Å²) in [6, 6.07) is 4.95. The number of hydrogen-bond acceptors (Lipinski definition) is 3. The zero-order chi connectivity index (χ0) is 21.9. The predicted molar refractivity (Wildman–Crippen MR) is 112 cm³/mol. The molecule has 2 aliphatic rings. The van der Waals surface area contributed by atoms with Crippen molar-refractivity contribution >= 4 is 17.3 Å². The molecule has 30 heavy (non-hydrogen) atoms. The van der Waals surface area contributed by atoms with E-state index in [1.54, 1.807) is 4.90 Å². The van der Waals surface area contributed by atoms with Gasteiger partial charge in [-0.2, -0.15) is 13.2 Å². The number of amidine groups is 1. The highest BCUT2D eigenvalue weighted by atomic mass is 19.4. The fraction of sp³-hybridized carbons (Fsp3) is 0.364. The lowest BCUT2D eigenvalue weighted by Gasteiger charge is -2.30. The summed E-state index contributed by atoms with van der Waals surface area (Å²) in [6.07, 6.45) is 2.63. The van der Waals surface area contributed by atoms with E-state index < -0.39 is 11.7 Å². The van der Waals surface area contributed by atoms with E-state index in [9.17, 15) is 18.0 Å². The second-order valence-corrected chi connectivity index (χ2v) is 7.31. The molecule has 0 saturated carbocycles. The van der Waals surface area contributed by atoms with Crippen molar-refractivity contribution < 1.29 is 18.0 Å². The Labute approximate surface area is 173 Å². The molecule has 160 valence electrons. The summed E-state index contributed by atoms with van der Waals surface area (Å²) in [4.78, 5) is 18.1. The van der Waals surface area contributed by atoms with Crippen LogP contribution < -0.4 is 11.1 Å². The Morgan fingerprint density at radius 2 is 1.97 bits per heavy atom. The van der Waals surface area contributed by atoms with Crippen LogP contribution in [-0.2, 0) is 11.0 Å². The van der Waals surface area contributed by atoms with Gasteiger partial charge in [-0.3, -0.25) is 9.79 Å². The van der Waals surface area contributed by atoms with Crippen LogP contribution in [0.4, 0.5) is 13.2 Å². The molecule has 3 N–H and O–H groups in total. The van der Waals surface area contributed by atoms with Gasteiger partial charge in [0.25, 0.3) is 0 Å². The van der Waals surface area contributed by atoms with E-state index in [4.69, 9.17) is 5.73 Å². The molecule has 1 aliphatic heterocycles. The molecule has 0 radical (unpaired) electrons. The van der Waals surface area contributed by atoms with E-state index in [0.717, 1.165) is 34.5 Å². The van der Waals surface area contributed by atoms with Crippen molar-refractivity contribution in [1.82, 2.24) is 10.2 Å². The van der Waals surface area contributed by atoms with Crippen molar-refractivity contribution in [3.63, 3.8) is 0 Å². The Hall–Kier alpha value is -3.03. The third-order valence-electron chi connectivity index (χ3n) is 5.33. The third-order valence-corrected chi connectivity index (χ3v) is 5.33. The number of rotatable bonds is 4. The predicted octanol–water partition coefficient (Wildman–Crippen LogP) is 3.50. The summed E-state index contributed by atoms with van der Waals surface area (Å²) in [5.41, 5.74) is 8.98. The van der Waals surface area contributed by atoms with Gasteiger partial charge in [0.1, 0.15) is 5.84 Å². The molecule has 1 unspecified atom stereocenters. The molecule has 0 fully saturated rings. The highest BCUT2D eigenvalue weighted by Crippen LogP contribution is 2.31. The lowest BCUT2D eigenvalue weighted by atomic mass is 9.96. The first-order chi connectivity index (χ1) is 14.2. The maximum absolute atomic E-state index is 12.7. The first kappa shape index (κ1) is 21.7. The fourth-order valence-electron chi connectivity index (χ4n) is 3.57. The van der Waals surface area contributed by atoms with Crippen LogP contribution in [0.5, 0.6) is 0 Å². The standard InChI is InChI=1S/C22H25F3N4O/c1-14(30)29-12-11-20(27-2)19(13-29)21(26)28-18-9-5-16(6-10-18)15-3-7-17(8-4-15)22(23,24)25/h3-9,18,27H,10-13H2,1-2H3,(H2,26,28). The number of alkyl halides is 3. The molecule has 0 saturated heterocycles. The zero-order valence-electron chi connectivity index (χ0n) is 17.0. The molecule has 1 aromatic carbocycles. The number of benzene rings is 1. The average molecular weight is 418 g/mol. The molecule has 1 amide bonds. The minimum Gasteiger partial charge on any atom is -0.391 e. The van der Waals surface area contributed by atoms with Crippen molar-refractivity contribution in [2.24, 2.45) is 10.7 Å². The number of aliphatic imine (C=N–C) groups is 1. The number of nitrogens with two attached hydrogens (primary N) is 1. The highest BCUT2D eigenvalue weighted by Gasteiger charge is 2.30. The molecular weight excluding hydrogens is 393 g/mol. The summed E-state index contributed by atoms with van der Waals surface area (Å²) in [5.74, 6) is 0.392. The van der Waals surface area contributed by atoms with Crippen molar-refractivity contribution in [2.75, 3.05) is 20.1 Å². The number of allylic oxidation sites excluding steroid dienone is 2. The normalized spacial score (nSPS) is 20.3. The molecule has 1 heterocycles. The molecule has 1 aliphatic carbocycles. The van der Waals surface area contributed by atoms with Crippen LogP contribution in [0.2, 0.25) is 0 Å². The van der Waals surface area contributed by atoms with Gasteiger partial charge in [-0.1, -0.05) is 30.4 Å². The fourth-order valence-corrected chi connectivity index (χ4v) is 3.57. The summed E-state index contributed by atoms with van der Waals surface area (Å²) in [6.45, 7) is 2.60. The van der Waals surface area contributed by atoms with Gasteiger partial charge in [0.15, 0.2) is 0 Å². The number of amides is 1. The van der Waals surface area contributed by atoms with Gasteiger partial charge in [0.2, 0.25) is 5.91 Å². The average Bonchev–Trinajstić information content (AvgIpc) is 2.73. The van der Waals surface area contributed by atoms with Gasteiger partial charge in [-0.25, -0.2) is 0 Å². The summed E-state index contributed by atoms with van der Waals surface area (Å²) >= 11 is 0. The van der Waals surface area contributed by atoms with E-state index in [2.05, 4.69) is 10.3 Å². The van der Waals surface area contributed by atoms with Crippen molar-refractivity contribution in [3.05, 3.63) is 64.9 Å². The molecule has 1 aromatic rings. The van der Waals surface area contributed by atoms with Gasteiger partial charge in [0.05, 0.1) is 18.2 Å². The summed E-state index contributed by atoms with van der Waals surface area (Å²) in [7, 11) is 1.83.